The summed E-state index contributed by atoms with van der Waals surface area (Å²) in [5, 5.41) is 3.11. The number of aryl methyl sites for hydroxylation is 1. The van der Waals surface area contributed by atoms with E-state index in [1.807, 2.05) is 0 Å². The molecule has 124 valence electrons. The molecule has 0 unspecified atom stereocenters. The number of nitrogens with one attached hydrogen (secondary N) is 1. The van der Waals surface area contributed by atoms with E-state index in [0.717, 1.165) is 6.26 Å². The van der Waals surface area contributed by atoms with Gasteiger partial charge in [0.25, 0.3) is 5.91 Å². The topological polar surface area (TPSA) is 76.4 Å². The first kappa shape index (κ1) is 16.2. The van der Waals surface area contributed by atoms with Crippen LogP contribution < -0.4 is 5.32 Å². The van der Waals surface area contributed by atoms with Crippen molar-refractivity contribution in [2.75, 3.05) is 11.6 Å². The van der Waals surface area contributed by atoms with Crippen molar-refractivity contribution in [2.24, 2.45) is 0 Å². The van der Waals surface area contributed by atoms with Crippen molar-refractivity contribution in [1.82, 2.24) is 0 Å². The van der Waals surface area contributed by atoms with Crippen molar-refractivity contribution in [2.45, 2.75) is 11.8 Å². The Morgan fingerprint density at radius 1 is 1.17 bits per heavy atom. The van der Waals surface area contributed by atoms with Gasteiger partial charge in [0, 0.05) is 22.9 Å². The molecule has 3 rings (SSSR count). The van der Waals surface area contributed by atoms with E-state index >= 15 is 0 Å². The minimum absolute atomic E-state index is 0.0559. The number of halogens is 1. The lowest BCUT2D eigenvalue weighted by atomic mass is 10.1. The quantitative estimate of drug-likeness (QED) is 0.786. The van der Waals surface area contributed by atoms with Gasteiger partial charge in [-0.3, -0.25) is 4.79 Å². The maximum absolute atomic E-state index is 13.3. The number of hydrogen-bond donors (Lipinski definition) is 1. The Bertz CT molecular complexity index is 1050. The average Bonchev–Trinajstić information content (AvgIpc) is 2.84. The van der Waals surface area contributed by atoms with E-state index in [-0.39, 0.29) is 10.7 Å². The Labute approximate surface area is 138 Å². The number of anilines is 1. The van der Waals surface area contributed by atoms with Gasteiger partial charge < -0.3 is 9.73 Å². The van der Waals surface area contributed by atoms with Gasteiger partial charge in [-0.1, -0.05) is 6.07 Å². The largest absolute Gasteiger partial charge is 0.451 e. The fourth-order valence-corrected chi connectivity index (χ4v) is 3.07. The third-order valence-electron chi connectivity index (χ3n) is 3.62. The monoisotopic (exact) mass is 347 g/mol. The van der Waals surface area contributed by atoms with Crippen LogP contribution in [0.15, 0.2) is 51.8 Å². The summed E-state index contributed by atoms with van der Waals surface area (Å²) in [6.45, 7) is 1.66. The Morgan fingerprint density at radius 2 is 1.92 bits per heavy atom. The van der Waals surface area contributed by atoms with Crippen molar-refractivity contribution >= 4 is 32.4 Å². The molecule has 0 radical (unpaired) electrons. The first-order valence-corrected chi connectivity index (χ1v) is 8.95. The molecule has 5 nitrogen and oxygen atoms in total. The number of sulfone groups is 1. The van der Waals surface area contributed by atoms with Gasteiger partial charge >= 0.3 is 0 Å². The molecule has 1 aromatic heterocycles. The van der Waals surface area contributed by atoms with Crippen LogP contribution in [0.2, 0.25) is 0 Å². The van der Waals surface area contributed by atoms with Crippen LogP contribution in [-0.4, -0.2) is 20.6 Å². The summed E-state index contributed by atoms with van der Waals surface area (Å²) in [7, 11) is -3.38. The summed E-state index contributed by atoms with van der Waals surface area (Å²) in [6, 6.07) is 9.93. The summed E-state index contributed by atoms with van der Waals surface area (Å²) in [5.41, 5.74) is 1.25. The van der Waals surface area contributed by atoms with Crippen LogP contribution in [0.1, 0.15) is 16.1 Å². The second kappa shape index (κ2) is 5.76. The first-order valence-electron chi connectivity index (χ1n) is 7.06. The normalized spacial score (nSPS) is 11.6. The molecule has 0 fully saturated rings. The van der Waals surface area contributed by atoms with Crippen molar-refractivity contribution < 1.29 is 22.0 Å². The summed E-state index contributed by atoms with van der Waals surface area (Å²) in [4.78, 5) is 12.5. The van der Waals surface area contributed by atoms with Gasteiger partial charge in [-0.05, 0) is 43.3 Å². The molecular formula is C17H14FNO4S. The lowest BCUT2D eigenvalue weighted by molar-refractivity contribution is 0.0998. The van der Waals surface area contributed by atoms with Crippen LogP contribution in [-0.2, 0) is 9.84 Å². The number of rotatable bonds is 3. The maximum atomic E-state index is 13.3. The van der Waals surface area contributed by atoms with Crippen molar-refractivity contribution in [1.29, 1.82) is 0 Å². The Kier molecular flexibility index (Phi) is 3.88. The van der Waals surface area contributed by atoms with Gasteiger partial charge in [-0.15, -0.1) is 0 Å². The molecule has 0 atom stereocenters. The molecule has 0 aliphatic rings. The van der Waals surface area contributed by atoms with Gasteiger partial charge in [0.1, 0.15) is 11.4 Å². The Hall–Kier alpha value is -2.67. The van der Waals surface area contributed by atoms with E-state index in [1.54, 1.807) is 13.0 Å². The number of fused-ring (bicyclic) bond motifs is 1. The lowest BCUT2D eigenvalue weighted by Gasteiger charge is -2.05. The smallest absolute Gasteiger partial charge is 0.291 e. The van der Waals surface area contributed by atoms with Crippen LogP contribution >= 0.6 is 0 Å². The number of furan rings is 1. The number of amides is 1. The van der Waals surface area contributed by atoms with Gasteiger partial charge in [0.05, 0.1) is 4.90 Å². The molecule has 7 heteroatoms. The zero-order chi connectivity index (χ0) is 17.5. The summed E-state index contributed by atoms with van der Waals surface area (Å²) >= 11 is 0. The number of hydrogen-bond acceptors (Lipinski definition) is 4. The third-order valence-corrected chi connectivity index (χ3v) is 4.73. The predicted molar refractivity (Wildman–Crippen MR) is 88.4 cm³/mol. The van der Waals surface area contributed by atoms with Crippen LogP contribution in [0.25, 0.3) is 11.0 Å². The molecular weight excluding hydrogens is 333 g/mol. The zero-order valence-corrected chi connectivity index (χ0v) is 13.8. The van der Waals surface area contributed by atoms with E-state index < -0.39 is 21.6 Å². The highest BCUT2D eigenvalue weighted by Crippen LogP contribution is 2.27. The SMILES string of the molecule is Cc1c(C(=O)Nc2cccc(S(C)(=O)=O)c2)oc2ccc(F)cc12. The van der Waals surface area contributed by atoms with Gasteiger partial charge in [0.15, 0.2) is 15.6 Å². The van der Waals surface area contributed by atoms with Crippen LogP contribution in [0, 0.1) is 12.7 Å². The second-order valence-corrected chi connectivity index (χ2v) is 7.47. The highest BCUT2D eigenvalue weighted by molar-refractivity contribution is 7.90. The molecule has 0 aliphatic heterocycles. The minimum Gasteiger partial charge on any atom is -0.451 e. The molecule has 0 bridgehead atoms. The summed E-state index contributed by atoms with van der Waals surface area (Å²) < 4.78 is 42.0. The molecule has 0 aliphatic carbocycles. The van der Waals surface area contributed by atoms with E-state index in [1.165, 1.54) is 36.4 Å². The molecule has 3 aromatic rings. The molecule has 1 amide bonds. The first-order chi connectivity index (χ1) is 11.3. The number of benzene rings is 2. The predicted octanol–water partition coefficient (Wildman–Crippen LogP) is 3.54. The van der Waals surface area contributed by atoms with E-state index in [9.17, 15) is 17.6 Å². The van der Waals surface area contributed by atoms with Gasteiger partial charge in [-0.2, -0.15) is 0 Å². The lowest BCUT2D eigenvalue weighted by Crippen LogP contribution is -2.12. The van der Waals surface area contributed by atoms with Crippen LogP contribution in [0.5, 0.6) is 0 Å². The third kappa shape index (κ3) is 3.03. The standard InChI is InChI=1S/C17H14FNO4S/c1-10-14-8-11(18)6-7-15(14)23-16(10)17(20)19-12-4-3-5-13(9-12)24(2,21)22/h3-9H,1-2H3,(H,19,20). The minimum atomic E-state index is -3.38. The summed E-state index contributed by atoms with van der Waals surface area (Å²) in [6.07, 6.45) is 1.09. The van der Waals surface area contributed by atoms with Gasteiger partial charge in [0.2, 0.25) is 0 Å². The average molecular weight is 347 g/mol. The zero-order valence-electron chi connectivity index (χ0n) is 13.0. The van der Waals surface area contributed by atoms with E-state index in [2.05, 4.69) is 5.32 Å². The molecule has 2 aromatic carbocycles. The van der Waals surface area contributed by atoms with Crippen LogP contribution in [0.4, 0.5) is 10.1 Å². The number of carbonyl (C=O) groups excluding carboxylic acids is 1. The van der Waals surface area contributed by atoms with Gasteiger partial charge in [-0.25, -0.2) is 12.8 Å². The van der Waals surface area contributed by atoms with Crippen molar-refractivity contribution in [3.05, 3.63) is 59.6 Å². The molecule has 0 saturated carbocycles. The molecule has 1 N–H and O–H groups in total. The molecule has 1 heterocycles. The molecule has 0 spiro atoms. The molecule has 24 heavy (non-hydrogen) atoms. The number of carbonyl (C=O) groups is 1. The second-order valence-electron chi connectivity index (χ2n) is 5.45. The van der Waals surface area contributed by atoms with E-state index in [0.29, 0.717) is 22.2 Å². The van der Waals surface area contributed by atoms with Crippen LogP contribution in [0.3, 0.4) is 0 Å². The maximum Gasteiger partial charge on any atom is 0.291 e. The fourth-order valence-electron chi connectivity index (χ4n) is 2.40. The molecule has 0 saturated heterocycles. The summed E-state index contributed by atoms with van der Waals surface area (Å²) in [5.74, 6) is -0.894. The fraction of sp³-hybridized carbons (Fsp3) is 0.118. The van der Waals surface area contributed by atoms with E-state index in [4.69, 9.17) is 4.42 Å². The highest BCUT2D eigenvalue weighted by Gasteiger charge is 2.18. The van der Waals surface area contributed by atoms with Crippen molar-refractivity contribution in [3.8, 4) is 0 Å². The van der Waals surface area contributed by atoms with Crippen molar-refractivity contribution in [3.63, 3.8) is 0 Å². The highest BCUT2D eigenvalue weighted by atomic mass is 32.2. The Morgan fingerprint density at radius 3 is 2.62 bits per heavy atom. The Balaban J connectivity index is 1.95.